The third-order valence-corrected chi connectivity index (χ3v) is 10.4. The fourth-order valence-electron chi connectivity index (χ4n) is 7.15. The summed E-state index contributed by atoms with van der Waals surface area (Å²) < 4.78 is 11.6. The van der Waals surface area contributed by atoms with E-state index in [2.05, 4.69) is 22.6 Å². The van der Waals surface area contributed by atoms with Crippen molar-refractivity contribution in [2.24, 2.45) is 0 Å². The molecular weight excluding hydrogens is 723 g/mol. The second-order valence-electron chi connectivity index (χ2n) is 14.6. The summed E-state index contributed by atoms with van der Waals surface area (Å²) in [7, 11) is 3.62. The van der Waals surface area contributed by atoms with Crippen molar-refractivity contribution < 1.29 is 33.4 Å². The highest BCUT2D eigenvalue weighted by Gasteiger charge is 2.34. The molecule has 2 N–H and O–H groups in total. The van der Waals surface area contributed by atoms with Crippen LogP contribution in [-0.4, -0.2) is 97.7 Å². The Morgan fingerprint density at radius 3 is 2.14 bits per heavy atom. The van der Waals surface area contributed by atoms with Gasteiger partial charge in [0.1, 0.15) is 5.75 Å². The first kappa shape index (κ1) is 40.8. The van der Waals surface area contributed by atoms with Crippen molar-refractivity contribution in [1.82, 2.24) is 14.7 Å². The van der Waals surface area contributed by atoms with Gasteiger partial charge < -0.3 is 29.9 Å². The molecule has 1 saturated heterocycles. The standard InChI is InChI=1S/C45H51N5O7/c1-31-18-20-39(40(28-31)57-27-10-4-5-17-41(51)49-25-23-48(2)24-26-49)47-42(52)33-19-21-38(34(29-33)30-56-3)46-43(53)35-14-7-6-12-32(35)13-11-22-50-44(54)36-15-8-9-16-37(36)45(50)55/h6-9,12,14-16,18-21,28-29H,4-5,10-11,13,17,22-27,30H2,1-3H3,(H,46,53)(H,47,52). The van der Waals surface area contributed by atoms with Crippen LogP contribution in [0.15, 0.2) is 84.9 Å². The Balaban J connectivity index is 1.03. The van der Waals surface area contributed by atoms with Crippen LogP contribution < -0.4 is 15.4 Å². The topological polar surface area (TPSA) is 138 Å². The number of unbranched alkanes of at least 4 members (excludes halogenated alkanes) is 2. The summed E-state index contributed by atoms with van der Waals surface area (Å²) in [4.78, 5) is 70.8. The van der Waals surface area contributed by atoms with E-state index in [0.29, 0.717) is 70.8 Å². The number of amides is 5. The first-order chi connectivity index (χ1) is 27.6. The van der Waals surface area contributed by atoms with E-state index in [9.17, 15) is 24.0 Å². The maximum atomic E-state index is 13.7. The van der Waals surface area contributed by atoms with Gasteiger partial charge in [0, 0.05) is 68.6 Å². The van der Waals surface area contributed by atoms with Crippen LogP contribution in [0.3, 0.4) is 0 Å². The van der Waals surface area contributed by atoms with E-state index in [1.54, 1.807) is 61.7 Å². The first-order valence-electron chi connectivity index (χ1n) is 19.6. The monoisotopic (exact) mass is 773 g/mol. The lowest BCUT2D eigenvalue weighted by atomic mass is 10.0. The zero-order valence-corrected chi connectivity index (χ0v) is 33.0. The van der Waals surface area contributed by atoms with E-state index in [-0.39, 0.29) is 42.7 Å². The molecule has 0 saturated carbocycles. The zero-order chi connectivity index (χ0) is 40.3. The number of rotatable bonds is 17. The molecule has 4 aromatic rings. The maximum Gasteiger partial charge on any atom is 0.261 e. The molecule has 0 aromatic heterocycles. The molecule has 4 aromatic carbocycles. The van der Waals surface area contributed by atoms with Gasteiger partial charge >= 0.3 is 0 Å². The highest BCUT2D eigenvalue weighted by molar-refractivity contribution is 6.21. The van der Waals surface area contributed by atoms with Gasteiger partial charge in [-0.25, -0.2) is 0 Å². The van der Waals surface area contributed by atoms with Crippen LogP contribution in [0, 0.1) is 6.92 Å². The SMILES string of the molecule is COCc1cc(C(=O)Nc2ccc(C)cc2OCCCCCC(=O)N2CCN(C)CC2)ccc1NC(=O)c1ccccc1CCCN1C(=O)c2ccccc2C1=O. The molecule has 2 aliphatic rings. The number of likely N-dealkylation sites (N-methyl/N-ethyl adjacent to an activating group) is 1. The molecule has 0 bridgehead atoms. The van der Waals surface area contributed by atoms with E-state index in [4.69, 9.17) is 9.47 Å². The molecule has 1 fully saturated rings. The molecule has 57 heavy (non-hydrogen) atoms. The summed E-state index contributed by atoms with van der Waals surface area (Å²) in [6.45, 7) is 6.21. The second-order valence-corrected chi connectivity index (χ2v) is 14.6. The average Bonchev–Trinajstić information content (AvgIpc) is 3.45. The molecule has 0 spiro atoms. The number of anilines is 2. The smallest absolute Gasteiger partial charge is 0.261 e. The molecule has 2 aliphatic heterocycles. The van der Waals surface area contributed by atoms with Gasteiger partial charge in [-0.3, -0.25) is 28.9 Å². The van der Waals surface area contributed by atoms with Gasteiger partial charge in [0.25, 0.3) is 23.6 Å². The van der Waals surface area contributed by atoms with Gasteiger partial charge in [-0.1, -0.05) is 36.4 Å². The highest BCUT2D eigenvalue weighted by atomic mass is 16.5. The lowest BCUT2D eigenvalue weighted by Crippen LogP contribution is -2.47. The molecule has 0 aliphatic carbocycles. The molecule has 298 valence electrons. The minimum Gasteiger partial charge on any atom is -0.491 e. The van der Waals surface area contributed by atoms with Crippen molar-refractivity contribution in [2.45, 2.75) is 52.1 Å². The number of carbonyl (C=O) groups excluding carboxylic acids is 5. The van der Waals surface area contributed by atoms with Crippen molar-refractivity contribution in [1.29, 1.82) is 0 Å². The number of aryl methyl sites for hydroxylation is 2. The first-order valence-corrected chi connectivity index (χ1v) is 19.6. The highest BCUT2D eigenvalue weighted by Crippen LogP contribution is 2.28. The Labute approximate surface area is 334 Å². The third kappa shape index (κ3) is 10.3. The molecule has 0 atom stereocenters. The van der Waals surface area contributed by atoms with E-state index >= 15 is 0 Å². The molecule has 2 heterocycles. The Morgan fingerprint density at radius 2 is 1.40 bits per heavy atom. The maximum absolute atomic E-state index is 13.7. The van der Waals surface area contributed by atoms with Crippen LogP contribution in [-0.2, 0) is 22.6 Å². The summed E-state index contributed by atoms with van der Waals surface area (Å²) >= 11 is 0. The van der Waals surface area contributed by atoms with Gasteiger partial charge in [0.2, 0.25) is 5.91 Å². The zero-order valence-electron chi connectivity index (χ0n) is 33.0. The third-order valence-electron chi connectivity index (χ3n) is 10.4. The van der Waals surface area contributed by atoms with Crippen LogP contribution in [0.2, 0.25) is 0 Å². The van der Waals surface area contributed by atoms with Gasteiger partial charge in [0.05, 0.1) is 30.0 Å². The number of piperazine rings is 1. The number of methoxy groups -OCH3 is 1. The summed E-state index contributed by atoms with van der Waals surface area (Å²) in [6, 6.07) is 24.7. The Kier molecular flexibility index (Phi) is 13.8. The van der Waals surface area contributed by atoms with Crippen LogP contribution in [0.25, 0.3) is 0 Å². The molecule has 12 heteroatoms. The summed E-state index contributed by atoms with van der Waals surface area (Å²) in [6.07, 6.45) is 3.96. The van der Waals surface area contributed by atoms with Crippen LogP contribution in [0.1, 0.15) is 90.2 Å². The summed E-state index contributed by atoms with van der Waals surface area (Å²) in [5.74, 6) is -0.486. The number of ether oxygens (including phenoxy) is 2. The molecule has 0 unspecified atom stereocenters. The number of imide groups is 1. The Bertz CT molecular complexity index is 2070. The molecule has 0 radical (unpaired) electrons. The minimum absolute atomic E-state index is 0.151. The van der Waals surface area contributed by atoms with Crippen molar-refractivity contribution in [3.63, 3.8) is 0 Å². The lowest BCUT2D eigenvalue weighted by molar-refractivity contribution is -0.132. The number of fused-ring (bicyclic) bond motifs is 1. The average molecular weight is 774 g/mol. The van der Waals surface area contributed by atoms with Crippen LogP contribution in [0.5, 0.6) is 5.75 Å². The number of nitrogens with zero attached hydrogens (tertiary/aromatic N) is 3. The Hall–Kier alpha value is -5.85. The van der Waals surface area contributed by atoms with E-state index < -0.39 is 0 Å². The van der Waals surface area contributed by atoms with Crippen molar-refractivity contribution in [2.75, 3.05) is 64.1 Å². The number of nitrogens with one attached hydrogen (secondary N) is 2. The normalized spacial score (nSPS) is 14.1. The Morgan fingerprint density at radius 1 is 0.719 bits per heavy atom. The van der Waals surface area contributed by atoms with Crippen molar-refractivity contribution in [3.05, 3.63) is 124 Å². The number of hydrogen-bond acceptors (Lipinski definition) is 8. The van der Waals surface area contributed by atoms with Crippen LogP contribution >= 0.6 is 0 Å². The molecule has 5 amide bonds. The summed E-state index contributed by atoms with van der Waals surface area (Å²) in [5.41, 5.74) is 5.11. The van der Waals surface area contributed by atoms with Crippen LogP contribution in [0.4, 0.5) is 11.4 Å². The summed E-state index contributed by atoms with van der Waals surface area (Å²) in [5, 5.41) is 5.97. The van der Waals surface area contributed by atoms with Crippen molar-refractivity contribution >= 4 is 40.9 Å². The second kappa shape index (κ2) is 19.3. The largest absolute Gasteiger partial charge is 0.491 e. The molecule has 12 nitrogen and oxygen atoms in total. The van der Waals surface area contributed by atoms with Gasteiger partial charge in [-0.2, -0.15) is 0 Å². The van der Waals surface area contributed by atoms with Crippen molar-refractivity contribution in [3.8, 4) is 5.75 Å². The van der Waals surface area contributed by atoms with Gasteiger partial charge in [0.15, 0.2) is 0 Å². The fraction of sp³-hybridized carbons (Fsp3) is 0.356. The fourth-order valence-corrected chi connectivity index (χ4v) is 7.15. The quantitative estimate of drug-likeness (QED) is 0.0907. The minimum atomic E-state index is -0.343. The van der Waals surface area contributed by atoms with Gasteiger partial charge in [-0.15, -0.1) is 0 Å². The predicted molar refractivity (Wildman–Crippen MR) is 219 cm³/mol. The predicted octanol–water partition coefficient (Wildman–Crippen LogP) is 6.59. The number of carbonyl (C=O) groups is 5. The molecular formula is C45H51N5O7. The van der Waals surface area contributed by atoms with E-state index in [0.717, 1.165) is 56.6 Å². The van der Waals surface area contributed by atoms with E-state index in [1.807, 2.05) is 42.2 Å². The lowest BCUT2D eigenvalue weighted by Gasteiger charge is -2.32. The van der Waals surface area contributed by atoms with Gasteiger partial charge in [-0.05, 0) is 106 Å². The van der Waals surface area contributed by atoms with E-state index in [1.165, 1.54) is 4.90 Å². The molecule has 6 rings (SSSR count). The number of benzene rings is 4. The number of hydrogen-bond donors (Lipinski definition) is 2.